The Morgan fingerprint density at radius 3 is 2.05 bits per heavy atom. The van der Waals surface area contributed by atoms with Crippen LogP contribution in [0.4, 0.5) is 0 Å². The van der Waals surface area contributed by atoms with E-state index in [9.17, 15) is 14.7 Å². The fourth-order valence-corrected chi connectivity index (χ4v) is 1.70. The monoisotopic (exact) mass is 254 g/mol. The van der Waals surface area contributed by atoms with Crippen LogP contribution in [-0.2, 0) is 4.79 Å². The van der Waals surface area contributed by atoms with E-state index in [4.69, 9.17) is 0 Å². The summed E-state index contributed by atoms with van der Waals surface area (Å²) in [4.78, 5) is 21.8. The van der Waals surface area contributed by atoms with Crippen molar-refractivity contribution < 1.29 is 14.7 Å². The number of carboxylic acids is 1. The number of carbonyl (C=O) groups excluding carboxylic acids is 2. The molecule has 4 nitrogen and oxygen atoms in total. The Kier molecular flexibility index (Phi) is 3.93. The summed E-state index contributed by atoms with van der Waals surface area (Å²) in [6, 6.07) is 16.7. The lowest BCUT2D eigenvalue weighted by Gasteiger charge is -2.06. The molecule has 0 aliphatic carbocycles. The summed E-state index contributed by atoms with van der Waals surface area (Å²) in [7, 11) is 0. The molecule has 0 saturated heterocycles. The molecule has 4 heteroatoms. The first-order valence-electron chi connectivity index (χ1n) is 5.80. The lowest BCUT2D eigenvalue weighted by molar-refractivity contribution is -0.303. The molecule has 0 saturated carbocycles. The zero-order valence-corrected chi connectivity index (χ0v) is 10.1. The third kappa shape index (κ3) is 3.42. The van der Waals surface area contributed by atoms with Gasteiger partial charge in [0.1, 0.15) is 0 Å². The van der Waals surface area contributed by atoms with Gasteiger partial charge in [0.25, 0.3) is 5.91 Å². The van der Waals surface area contributed by atoms with E-state index >= 15 is 0 Å². The Morgan fingerprint density at radius 1 is 0.895 bits per heavy atom. The predicted molar refractivity (Wildman–Crippen MR) is 69.2 cm³/mol. The summed E-state index contributed by atoms with van der Waals surface area (Å²) in [5.74, 6) is -1.74. The first-order valence-corrected chi connectivity index (χ1v) is 5.80. The molecule has 0 fully saturated rings. The third-order valence-electron chi connectivity index (χ3n) is 2.65. The average Bonchev–Trinajstić information content (AvgIpc) is 2.46. The Hall–Kier alpha value is -2.62. The molecular formula is C15H12NO3-. The number of carboxylic acid groups (broad SMARTS) is 1. The van der Waals surface area contributed by atoms with Crippen molar-refractivity contribution in [1.29, 1.82) is 0 Å². The van der Waals surface area contributed by atoms with Crippen LogP contribution in [0.5, 0.6) is 0 Å². The number of aliphatic carboxylic acids is 1. The lowest BCUT2D eigenvalue weighted by Crippen LogP contribution is -2.37. The second-order valence-electron chi connectivity index (χ2n) is 4.00. The summed E-state index contributed by atoms with van der Waals surface area (Å²) in [5.41, 5.74) is 2.47. The van der Waals surface area contributed by atoms with Gasteiger partial charge in [0, 0.05) is 5.56 Å². The number of benzene rings is 2. The van der Waals surface area contributed by atoms with Gasteiger partial charge in [0.15, 0.2) is 0 Å². The molecular weight excluding hydrogens is 242 g/mol. The van der Waals surface area contributed by atoms with Gasteiger partial charge >= 0.3 is 0 Å². The third-order valence-corrected chi connectivity index (χ3v) is 2.65. The maximum atomic E-state index is 11.6. The Labute approximate surface area is 110 Å². The minimum atomic E-state index is -1.31. The fraction of sp³-hybridized carbons (Fsp3) is 0.0667. The van der Waals surface area contributed by atoms with Crippen molar-refractivity contribution in [2.24, 2.45) is 0 Å². The van der Waals surface area contributed by atoms with E-state index in [-0.39, 0.29) is 0 Å². The molecule has 2 rings (SSSR count). The van der Waals surface area contributed by atoms with Crippen molar-refractivity contribution in [2.75, 3.05) is 6.54 Å². The van der Waals surface area contributed by atoms with Gasteiger partial charge in [-0.1, -0.05) is 42.5 Å². The SMILES string of the molecule is O=C([O-])CNC(=O)c1ccc(-c2ccccc2)cc1. The molecule has 0 aliphatic heterocycles. The van der Waals surface area contributed by atoms with Crippen LogP contribution >= 0.6 is 0 Å². The van der Waals surface area contributed by atoms with Crippen molar-refractivity contribution >= 4 is 11.9 Å². The summed E-state index contributed by atoms with van der Waals surface area (Å²) in [5, 5.41) is 12.5. The second kappa shape index (κ2) is 5.82. The molecule has 0 aromatic heterocycles. The average molecular weight is 254 g/mol. The summed E-state index contributed by atoms with van der Waals surface area (Å²) in [6.07, 6.45) is 0. The molecule has 0 bridgehead atoms. The number of nitrogens with one attached hydrogen (secondary N) is 1. The Bertz CT molecular complexity index is 576. The van der Waals surface area contributed by atoms with Crippen LogP contribution in [-0.4, -0.2) is 18.4 Å². The number of carbonyl (C=O) groups is 2. The maximum absolute atomic E-state index is 11.6. The number of rotatable bonds is 4. The van der Waals surface area contributed by atoms with Gasteiger partial charge in [-0.2, -0.15) is 0 Å². The van der Waals surface area contributed by atoms with E-state index in [0.29, 0.717) is 5.56 Å². The number of amides is 1. The van der Waals surface area contributed by atoms with E-state index < -0.39 is 18.4 Å². The molecule has 0 spiro atoms. The predicted octanol–water partition coefficient (Wildman–Crippen LogP) is 0.833. The summed E-state index contributed by atoms with van der Waals surface area (Å²) < 4.78 is 0. The minimum absolute atomic E-state index is 0.418. The number of hydrogen-bond donors (Lipinski definition) is 1. The van der Waals surface area contributed by atoms with Crippen LogP contribution in [0.15, 0.2) is 54.6 Å². The molecule has 0 radical (unpaired) electrons. The van der Waals surface area contributed by atoms with Crippen LogP contribution in [0, 0.1) is 0 Å². The fourth-order valence-electron chi connectivity index (χ4n) is 1.70. The van der Waals surface area contributed by atoms with Crippen molar-refractivity contribution in [3.05, 3.63) is 60.2 Å². The van der Waals surface area contributed by atoms with Crippen LogP contribution in [0.3, 0.4) is 0 Å². The maximum Gasteiger partial charge on any atom is 0.251 e. The second-order valence-corrected chi connectivity index (χ2v) is 4.00. The van der Waals surface area contributed by atoms with Gasteiger partial charge in [-0.15, -0.1) is 0 Å². The molecule has 0 aliphatic rings. The van der Waals surface area contributed by atoms with E-state index in [1.165, 1.54) is 0 Å². The molecule has 96 valence electrons. The van der Waals surface area contributed by atoms with Crippen LogP contribution in [0.25, 0.3) is 11.1 Å². The minimum Gasteiger partial charge on any atom is -0.548 e. The molecule has 0 atom stereocenters. The van der Waals surface area contributed by atoms with E-state index in [2.05, 4.69) is 5.32 Å². The quantitative estimate of drug-likeness (QED) is 0.878. The zero-order valence-electron chi connectivity index (χ0n) is 10.1. The zero-order chi connectivity index (χ0) is 13.7. The Morgan fingerprint density at radius 2 is 1.47 bits per heavy atom. The van der Waals surface area contributed by atoms with Gasteiger partial charge in [-0.05, 0) is 23.3 Å². The smallest absolute Gasteiger partial charge is 0.251 e. The highest BCUT2D eigenvalue weighted by Crippen LogP contribution is 2.19. The van der Waals surface area contributed by atoms with Gasteiger partial charge in [-0.3, -0.25) is 4.79 Å². The van der Waals surface area contributed by atoms with E-state index in [0.717, 1.165) is 11.1 Å². The first kappa shape index (κ1) is 12.8. The lowest BCUT2D eigenvalue weighted by atomic mass is 10.0. The van der Waals surface area contributed by atoms with Crippen molar-refractivity contribution in [2.45, 2.75) is 0 Å². The van der Waals surface area contributed by atoms with Gasteiger partial charge < -0.3 is 15.2 Å². The first-order chi connectivity index (χ1) is 9.16. The highest BCUT2D eigenvalue weighted by atomic mass is 16.4. The van der Waals surface area contributed by atoms with E-state index in [1.54, 1.807) is 12.1 Å². The van der Waals surface area contributed by atoms with Gasteiger partial charge in [-0.25, -0.2) is 0 Å². The molecule has 2 aromatic rings. The molecule has 0 heterocycles. The van der Waals surface area contributed by atoms with Crippen LogP contribution < -0.4 is 10.4 Å². The molecule has 2 aromatic carbocycles. The van der Waals surface area contributed by atoms with Crippen LogP contribution in [0.1, 0.15) is 10.4 Å². The van der Waals surface area contributed by atoms with Crippen molar-refractivity contribution in [3.63, 3.8) is 0 Å². The largest absolute Gasteiger partial charge is 0.548 e. The van der Waals surface area contributed by atoms with E-state index in [1.807, 2.05) is 42.5 Å². The van der Waals surface area contributed by atoms with Crippen molar-refractivity contribution in [3.8, 4) is 11.1 Å². The Balaban J connectivity index is 2.10. The molecule has 19 heavy (non-hydrogen) atoms. The number of hydrogen-bond acceptors (Lipinski definition) is 3. The highest BCUT2D eigenvalue weighted by Gasteiger charge is 2.05. The van der Waals surface area contributed by atoms with Crippen molar-refractivity contribution in [1.82, 2.24) is 5.32 Å². The van der Waals surface area contributed by atoms with Crippen LogP contribution in [0.2, 0.25) is 0 Å². The topological polar surface area (TPSA) is 69.2 Å². The normalized spacial score (nSPS) is 9.89. The highest BCUT2D eigenvalue weighted by molar-refractivity contribution is 5.96. The molecule has 1 N–H and O–H groups in total. The van der Waals surface area contributed by atoms with Gasteiger partial charge in [0.05, 0.1) is 12.5 Å². The van der Waals surface area contributed by atoms with Gasteiger partial charge in [0.2, 0.25) is 0 Å². The molecule has 0 unspecified atom stereocenters. The summed E-state index contributed by atoms with van der Waals surface area (Å²) >= 11 is 0. The summed E-state index contributed by atoms with van der Waals surface area (Å²) in [6.45, 7) is -0.487. The molecule has 1 amide bonds. The standard InChI is InChI=1S/C15H13NO3/c17-14(18)10-16-15(19)13-8-6-12(7-9-13)11-4-2-1-3-5-11/h1-9H,10H2,(H,16,19)(H,17,18)/p-1.